The number of carbonyl (C=O) groups is 3. The van der Waals surface area contributed by atoms with E-state index in [0.717, 1.165) is 24.8 Å². The summed E-state index contributed by atoms with van der Waals surface area (Å²) in [5.74, 6) is -1.18. The first kappa shape index (κ1) is 28.4. The van der Waals surface area contributed by atoms with Gasteiger partial charge in [-0.15, -0.1) is 0 Å². The van der Waals surface area contributed by atoms with Crippen LogP contribution < -0.4 is 10.6 Å². The van der Waals surface area contributed by atoms with Crippen LogP contribution in [-0.2, 0) is 14.3 Å². The molecule has 0 fully saturated rings. The van der Waals surface area contributed by atoms with E-state index in [4.69, 9.17) is 16.3 Å². The quantitative estimate of drug-likeness (QED) is 0.198. The van der Waals surface area contributed by atoms with Crippen molar-refractivity contribution in [2.24, 2.45) is 0 Å². The topological polar surface area (TPSA) is 84.5 Å². The molecule has 0 unspecified atom stereocenters. The first-order valence-electron chi connectivity index (χ1n) is 12.5. The maximum absolute atomic E-state index is 12.4. The zero-order valence-corrected chi connectivity index (χ0v) is 21.6. The molecule has 2 rings (SSSR count). The van der Waals surface area contributed by atoms with Crippen molar-refractivity contribution in [3.05, 3.63) is 58.6 Å². The van der Waals surface area contributed by atoms with Gasteiger partial charge in [0.2, 0.25) is 5.91 Å². The summed E-state index contributed by atoms with van der Waals surface area (Å²) >= 11 is 5.96. The van der Waals surface area contributed by atoms with E-state index in [1.165, 1.54) is 38.5 Å². The number of hydrogen-bond acceptors (Lipinski definition) is 4. The minimum atomic E-state index is -0.641. The SMILES string of the molecule is CCCCCCCCCCCC(=O)Nc1cccc(C(=O)OCC(=O)Nc2cc(Cl)ccc2C)c1. The third kappa shape index (κ3) is 11.4. The van der Waals surface area contributed by atoms with Gasteiger partial charge in [-0.1, -0.05) is 82.0 Å². The molecule has 0 bridgehead atoms. The molecule has 0 saturated carbocycles. The molecule has 0 saturated heterocycles. The Morgan fingerprint density at radius 1 is 0.829 bits per heavy atom. The Hall–Kier alpha value is -2.86. The van der Waals surface area contributed by atoms with Crippen LogP contribution in [0.5, 0.6) is 0 Å². The van der Waals surface area contributed by atoms with Gasteiger partial charge in [0, 0.05) is 22.8 Å². The van der Waals surface area contributed by atoms with Crippen LogP contribution in [0.3, 0.4) is 0 Å². The van der Waals surface area contributed by atoms with E-state index in [0.29, 0.717) is 22.8 Å². The van der Waals surface area contributed by atoms with Crippen LogP contribution in [0.15, 0.2) is 42.5 Å². The number of rotatable bonds is 15. The molecule has 0 aliphatic rings. The lowest BCUT2D eigenvalue weighted by atomic mass is 10.1. The van der Waals surface area contributed by atoms with Gasteiger partial charge >= 0.3 is 5.97 Å². The highest BCUT2D eigenvalue weighted by molar-refractivity contribution is 6.31. The first-order valence-corrected chi connectivity index (χ1v) is 12.9. The van der Waals surface area contributed by atoms with E-state index in [1.807, 2.05) is 6.92 Å². The zero-order chi connectivity index (χ0) is 25.5. The third-order valence-electron chi connectivity index (χ3n) is 5.70. The van der Waals surface area contributed by atoms with Crippen LogP contribution in [0.4, 0.5) is 11.4 Å². The molecule has 7 heteroatoms. The van der Waals surface area contributed by atoms with E-state index in [1.54, 1.807) is 42.5 Å². The number of unbranched alkanes of at least 4 members (excludes halogenated alkanes) is 8. The van der Waals surface area contributed by atoms with Crippen molar-refractivity contribution >= 4 is 40.8 Å². The van der Waals surface area contributed by atoms with Gasteiger partial charge in [0.05, 0.1) is 5.56 Å². The fourth-order valence-corrected chi connectivity index (χ4v) is 3.85. The summed E-state index contributed by atoms with van der Waals surface area (Å²) in [4.78, 5) is 36.8. The Kier molecular flexibility index (Phi) is 12.9. The van der Waals surface area contributed by atoms with Gasteiger partial charge < -0.3 is 15.4 Å². The smallest absolute Gasteiger partial charge is 0.338 e. The van der Waals surface area contributed by atoms with Crippen molar-refractivity contribution in [1.82, 2.24) is 0 Å². The number of ether oxygens (including phenoxy) is 1. The first-order chi connectivity index (χ1) is 16.9. The number of halogens is 1. The molecule has 2 amide bonds. The molecule has 2 aromatic carbocycles. The number of hydrogen-bond donors (Lipinski definition) is 2. The summed E-state index contributed by atoms with van der Waals surface area (Å²) in [7, 11) is 0. The summed E-state index contributed by atoms with van der Waals surface area (Å²) in [6, 6.07) is 11.7. The molecule has 35 heavy (non-hydrogen) atoms. The second kappa shape index (κ2) is 15.9. The molecule has 2 aromatic rings. The van der Waals surface area contributed by atoms with E-state index in [-0.39, 0.29) is 11.5 Å². The Balaban J connectivity index is 1.70. The van der Waals surface area contributed by atoms with Crippen LogP contribution in [0.2, 0.25) is 5.02 Å². The second-order valence-corrected chi connectivity index (χ2v) is 9.23. The summed E-state index contributed by atoms with van der Waals surface area (Å²) in [5, 5.41) is 6.01. The normalized spacial score (nSPS) is 10.6. The van der Waals surface area contributed by atoms with Gasteiger partial charge in [0.15, 0.2) is 6.61 Å². The van der Waals surface area contributed by atoms with Crippen molar-refractivity contribution in [3.63, 3.8) is 0 Å². The molecular weight excluding hydrogens is 464 g/mol. The third-order valence-corrected chi connectivity index (χ3v) is 5.93. The lowest BCUT2D eigenvalue weighted by molar-refractivity contribution is -0.119. The molecule has 0 heterocycles. The van der Waals surface area contributed by atoms with Crippen molar-refractivity contribution in [2.75, 3.05) is 17.2 Å². The maximum Gasteiger partial charge on any atom is 0.338 e. The molecule has 0 spiro atoms. The second-order valence-electron chi connectivity index (χ2n) is 8.79. The van der Waals surface area contributed by atoms with E-state index >= 15 is 0 Å². The number of carbonyl (C=O) groups excluding carboxylic acids is 3. The lowest BCUT2D eigenvalue weighted by Gasteiger charge is -2.10. The Labute approximate surface area is 213 Å². The Bertz CT molecular complexity index is 977. The van der Waals surface area contributed by atoms with Gasteiger partial charge in [-0.2, -0.15) is 0 Å². The average molecular weight is 501 g/mol. The molecule has 0 aromatic heterocycles. The Morgan fingerprint density at radius 2 is 1.51 bits per heavy atom. The van der Waals surface area contributed by atoms with Crippen molar-refractivity contribution in [2.45, 2.75) is 78.1 Å². The predicted octanol–water partition coefficient (Wildman–Crippen LogP) is 7.30. The maximum atomic E-state index is 12.4. The molecule has 0 atom stereocenters. The monoisotopic (exact) mass is 500 g/mol. The predicted molar refractivity (Wildman–Crippen MR) is 142 cm³/mol. The summed E-state index contributed by atoms with van der Waals surface area (Å²) in [6.45, 7) is 3.63. The lowest BCUT2D eigenvalue weighted by Crippen LogP contribution is -2.21. The highest BCUT2D eigenvalue weighted by Gasteiger charge is 2.13. The molecule has 0 aliphatic carbocycles. The number of aryl methyl sites for hydroxylation is 1. The molecule has 0 aliphatic heterocycles. The van der Waals surface area contributed by atoms with Crippen LogP contribution in [0, 0.1) is 6.92 Å². The fraction of sp³-hybridized carbons (Fsp3) is 0.464. The minimum absolute atomic E-state index is 0.0743. The molecule has 6 nitrogen and oxygen atoms in total. The summed E-state index contributed by atoms with van der Waals surface area (Å²) < 4.78 is 5.13. The number of anilines is 2. The van der Waals surface area contributed by atoms with Crippen molar-refractivity contribution in [1.29, 1.82) is 0 Å². The number of esters is 1. The molecule has 0 radical (unpaired) electrons. The van der Waals surface area contributed by atoms with Gasteiger partial charge in [-0.3, -0.25) is 9.59 Å². The average Bonchev–Trinajstić information content (AvgIpc) is 2.84. The zero-order valence-electron chi connectivity index (χ0n) is 20.8. The van der Waals surface area contributed by atoms with Gasteiger partial charge in [0.1, 0.15) is 0 Å². The van der Waals surface area contributed by atoms with E-state index in [2.05, 4.69) is 17.6 Å². The van der Waals surface area contributed by atoms with Crippen molar-refractivity contribution < 1.29 is 19.1 Å². The van der Waals surface area contributed by atoms with E-state index < -0.39 is 18.5 Å². The largest absolute Gasteiger partial charge is 0.452 e. The van der Waals surface area contributed by atoms with Gasteiger partial charge in [-0.25, -0.2) is 4.79 Å². The van der Waals surface area contributed by atoms with Crippen LogP contribution >= 0.6 is 11.6 Å². The van der Waals surface area contributed by atoms with Gasteiger partial charge in [0.25, 0.3) is 5.91 Å². The summed E-state index contributed by atoms with van der Waals surface area (Å²) in [6.07, 6.45) is 11.2. The number of nitrogens with one attached hydrogen (secondary N) is 2. The van der Waals surface area contributed by atoms with Crippen LogP contribution in [0.25, 0.3) is 0 Å². The molecule has 190 valence electrons. The minimum Gasteiger partial charge on any atom is -0.452 e. The number of amides is 2. The molecular formula is C28H37ClN2O4. The fourth-order valence-electron chi connectivity index (χ4n) is 3.67. The highest BCUT2D eigenvalue weighted by atomic mass is 35.5. The van der Waals surface area contributed by atoms with Crippen LogP contribution in [-0.4, -0.2) is 24.4 Å². The van der Waals surface area contributed by atoms with Gasteiger partial charge in [-0.05, 0) is 49.2 Å². The van der Waals surface area contributed by atoms with Crippen LogP contribution in [0.1, 0.15) is 87.1 Å². The molecule has 2 N–H and O–H groups in total. The standard InChI is InChI=1S/C28H37ClN2O4/c1-3-4-5-6-7-8-9-10-11-15-26(32)30-24-14-12-13-22(18-24)28(34)35-20-27(33)31-25-19-23(29)17-16-21(25)2/h12-14,16-19H,3-11,15,20H2,1-2H3,(H,30,32)(H,31,33). The number of benzene rings is 2. The Morgan fingerprint density at radius 3 is 2.23 bits per heavy atom. The summed E-state index contributed by atoms with van der Waals surface area (Å²) in [5.41, 5.74) is 2.20. The van der Waals surface area contributed by atoms with E-state index in [9.17, 15) is 14.4 Å². The van der Waals surface area contributed by atoms with Crippen molar-refractivity contribution in [3.8, 4) is 0 Å². The highest BCUT2D eigenvalue weighted by Crippen LogP contribution is 2.20.